The van der Waals surface area contributed by atoms with Gasteiger partial charge in [0.25, 0.3) is 11.7 Å². The van der Waals surface area contributed by atoms with Gasteiger partial charge in [-0.2, -0.15) is 8.78 Å². The highest BCUT2D eigenvalue weighted by Gasteiger charge is 2.27. The largest absolute Gasteiger partial charge is 0.325 e. The third-order valence-electron chi connectivity index (χ3n) is 3.60. The SMILES string of the molecule is C[C@H](C(=O)Nc1ccc(SC(F)F)cc1)[NH+]1CCCC1. The lowest BCUT2D eigenvalue weighted by molar-refractivity contribution is -0.901. The standard InChI is InChI=1S/C14H18F2N2OS/c1-10(18-8-2-3-9-18)13(19)17-11-4-6-12(7-5-11)20-14(15)16/h4-7,10,14H,2-3,8-9H2,1H3,(H,17,19)/p+1/t10-/m1/s1. The molecule has 1 fully saturated rings. The Hall–Kier alpha value is -1.14. The molecular formula is C14H19F2N2OS+. The Morgan fingerprint density at radius 2 is 1.85 bits per heavy atom. The molecule has 20 heavy (non-hydrogen) atoms. The summed E-state index contributed by atoms with van der Waals surface area (Å²) in [4.78, 5) is 13.9. The molecule has 1 amide bonds. The molecule has 1 aromatic rings. The number of amides is 1. The van der Waals surface area contributed by atoms with Gasteiger partial charge in [-0.05, 0) is 31.2 Å². The van der Waals surface area contributed by atoms with E-state index in [4.69, 9.17) is 0 Å². The summed E-state index contributed by atoms with van der Waals surface area (Å²) in [7, 11) is 0. The summed E-state index contributed by atoms with van der Waals surface area (Å²) in [5, 5.41) is 2.84. The van der Waals surface area contributed by atoms with E-state index < -0.39 is 5.76 Å². The predicted molar refractivity (Wildman–Crippen MR) is 76.3 cm³/mol. The molecule has 2 rings (SSSR count). The van der Waals surface area contributed by atoms with Crippen LogP contribution in [0.1, 0.15) is 19.8 Å². The Balaban J connectivity index is 1.90. The van der Waals surface area contributed by atoms with Gasteiger partial charge in [-0.1, -0.05) is 11.8 Å². The quantitative estimate of drug-likeness (QED) is 0.816. The fourth-order valence-electron chi connectivity index (χ4n) is 2.42. The summed E-state index contributed by atoms with van der Waals surface area (Å²) in [5.41, 5.74) is 0.652. The number of hydrogen-bond acceptors (Lipinski definition) is 2. The average Bonchev–Trinajstić information content (AvgIpc) is 2.93. The number of nitrogens with one attached hydrogen (secondary N) is 2. The summed E-state index contributed by atoms with van der Waals surface area (Å²) < 4.78 is 24.4. The van der Waals surface area contributed by atoms with Crippen molar-refractivity contribution < 1.29 is 18.5 Å². The van der Waals surface area contributed by atoms with Crippen LogP contribution in [0, 0.1) is 0 Å². The third kappa shape index (κ3) is 4.18. The number of quaternary nitrogens is 1. The molecule has 0 radical (unpaired) electrons. The van der Waals surface area contributed by atoms with Gasteiger partial charge in [-0.25, -0.2) is 0 Å². The van der Waals surface area contributed by atoms with Gasteiger partial charge in [0.2, 0.25) is 0 Å². The Morgan fingerprint density at radius 3 is 2.40 bits per heavy atom. The molecule has 2 N–H and O–H groups in total. The normalized spacial score (nSPS) is 17.4. The molecule has 0 aromatic heterocycles. The minimum absolute atomic E-state index is 0.0174. The van der Waals surface area contributed by atoms with Gasteiger partial charge in [-0.15, -0.1) is 0 Å². The van der Waals surface area contributed by atoms with Crippen molar-refractivity contribution in [2.24, 2.45) is 0 Å². The van der Waals surface area contributed by atoms with Crippen molar-refractivity contribution in [1.82, 2.24) is 0 Å². The monoisotopic (exact) mass is 301 g/mol. The van der Waals surface area contributed by atoms with Crippen LogP contribution >= 0.6 is 11.8 Å². The van der Waals surface area contributed by atoms with Crippen molar-refractivity contribution in [3.63, 3.8) is 0 Å². The minimum Gasteiger partial charge on any atom is -0.325 e. The lowest BCUT2D eigenvalue weighted by Gasteiger charge is -2.20. The minimum atomic E-state index is -2.42. The Labute approximate surface area is 121 Å². The number of carbonyl (C=O) groups excluding carboxylic acids is 1. The first-order valence-corrected chi connectivity index (χ1v) is 7.64. The van der Waals surface area contributed by atoms with E-state index in [1.807, 2.05) is 6.92 Å². The van der Waals surface area contributed by atoms with Crippen LogP contribution in [0.4, 0.5) is 14.5 Å². The number of thioether (sulfide) groups is 1. The van der Waals surface area contributed by atoms with Crippen molar-refractivity contribution in [3.05, 3.63) is 24.3 Å². The van der Waals surface area contributed by atoms with E-state index in [0.29, 0.717) is 22.3 Å². The molecule has 0 bridgehead atoms. The molecule has 0 spiro atoms. The summed E-state index contributed by atoms with van der Waals surface area (Å²) in [6, 6.07) is 6.44. The summed E-state index contributed by atoms with van der Waals surface area (Å²) in [5.74, 6) is -2.44. The van der Waals surface area contributed by atoms with Gasteiger partial charge in [0.05, 0.1) is 13.1 Å². The number of halogens is 2. The van der Waals surface area contributed by atoms with Crippen LogP contribution in [-0.4, -0.2) is 30.8 Å². The predicted octanol–water partition coefficient (Wildman–Crippen LogP) is 2.01. The van der Waals surface area contributed by atoms with Crippen LogP contribution in [0.15, 0.2) is 29.2 Å². The van der Waals surface area contributed by atoms with E-state index in [-0.39, 0.29) is 11.9 Å². The van der Waals surface area contributed by atoms with Crippen LogP contribution in [0.3, 0.4) is 0 Å². The van der Waals surface area contributed by atoms with Gasteiger partial charge in [0.1, 0.15) is 0 Å². The second kappa shape index (κ2) is 7.04. The molecule has 1 heterocycles. The number of alkyl halides is 2. The third-order valence-corrected chi connectivity index (χ3v) is 4.32. The van der Waals surface area contributed by atoms with E-state index in [0.717, 1.165) is 13.1 Å². The maximum atomic E-state index is 12.2. The fraction of sp³-hybridized carbons (Fsp3) is 0.500. The molecule has 1 atom stereocenters. The molecule has 0 aliphatic carbocycles. The van der Waals surface area contributed by atoms with Gasteiger partial charge in [0.15, 0.2) is 6.04 Å². The first-order valence-electron chi connectivity index (χ1n) is 6.76. The van der Waals surface area contributed by atoms with E-state index in [1.165, 1.54) is 17.7 Å². The molecule has 0 unspecified atom stereocenters. The molecule has 6 heteroatoms. The van der Waals surface area contributed by atoms with Crippen molar-refractivity contribution in [2.75, 3.05) is 18.4 Å². The highest BCUT2D eigenvalue weighted by molar-refractivity contribution is 7.99. The van der Waals surface area contributed by atoms with E-state index in [1.54, 1.807) is 24.3 Å². The average molecular weight is 301 g/mol. The summed E-state index contributed by atoms with van der Waals surface area (Å²) in [6.45, 7) is 4.01. The molecule has 1 saturated heterocycles. The van der Waals surface area contributed by atoms with Crippen LogP contribution in [0.5, 0.6) is 0 Å². The smallest absolute Gasteiger partial charge is 0.288 e. The number of likely N-dealkylation sites (tertiary alicyclic amines) is 1. The maximum Gasteiger partial charge on any atom is 0.288 e. The summed E-state index contributed by atoms with van der Waals surface area (Å²) >= 11 is 0.503. The highest BCUT2D eigenvalue weighted by atomic mass is 32.2. The fourth-order valence-corrected chi connectivity index (χ4v) is 2.92. The van der Waals surface area contributed by atoms with Crippen molar-refractivity contribution >= 4 is 23.4 Å². The highest BCUT2D eigenvalue weighted by Crippen LogP contribution is 2.26. The van der Waals surface area contributed by atoms with Crippen molar-refractivity contribution in [2.45, 2.75) is 36.5 Å². The lowest BCUT2D eigenvalue weighted by Crippen LogP contribution is -3.14. The Bertz CT molecular complexity index is 447. The van der Waals surface area contributed by atoms with Crippen LogP contribution in [0.2, 0.25) is 0 Å². The Morgan fingerprint density at radius 1 is 1.25 bits per heavy atom. The zero-order chi connectivity index (χ0) is 14.5. The summed E-state index contributed by atoms with van der Waals surface area (Å²) in [6.07, 6.45) is 2.35. The molecular weight excluding hydrogens is 282 g/mol. The molecule has 0 saturated carbocycles. The first-order chi connectivity index (χ1) is 9.56. The van der Waals surface area contributed by atoms with Crippen molar-refractivity contribution in [3.8, 4) is 0 Å². The zero-order valence-electron chi connectivity index (χ0n) is 11.4. The second-order valence-corrected chi connectivity index (χ2v) is 6.04. The van der Waals surface area contributed by atoms with Crippen LogP contribution in [0.25, 0.3) is 0 Å². The van der Waals surface area contributed by atoms with Crippen LogP contribution < -0.4 is 10.2 Å². The van der Waals surface area contributed by atoms with E-state index in [2.05, 4.69) is 5.32 Å². The first kappa shape index (κ1) is 15.3. The van der Waals surface area contributed by atoms with Gasteiger partial charge in [-0.3, -0.25) is 4.79 Å². The molecule has 1 aromatic carbocycles. The number of rotatable bonds is 5. The number of hydrogen-bond donors (Lipinski definition) is 2. The van der Waals surface area contributed by atoms with Crippen molar-refractivity contribution in [1.29, 1.82) is 0 Å². The van der Waals surface area contributed by atoms with E-state index in [9.17, 15) is 13.6 Å². The second-order valence-electron chi connectivity index (χ2n) is 4.98. The van der Waals surface area contributed by atoms with E-state index >= 15 is 0 Å². The lowest BCUT2D eigenvalue weighted by atomic mass is 10.2. The van der Waals surface area contributed by atoms with Gasteiger partial charge < -0.3 is 10.2 Å². The number of carbonyl (C=O) groups is 1. The molecule has 1 aliphatic rings. The number of benzene rings is 1. The maximum absolute atomic E-state index is 12.2. The Kier molecular flexibility index (Phi) is 5.37. The topological polar surface area (TPSA) is 33.5 Å². The van der Waals surface area contributed by atoms with Gasteiger partial charge >= 0.3 is 0 Å². The van der Waals surface area contributed by atoms with Gasteiger partial charge in [0, 0.05) is 23.4 Å². The molecule has 1 aliphatic heterocycles. The molecule has 110 valence electrons. The van der Waals surface area contributed by atoms with Crippen LogP contribution in [-0.2, 0) is 4.79 Å². The number of anilines is 1. The molecule has 3 nitrogen and oxygen atoms in total. The zero-order valence-corrected chi connectivity index (χ0v) is 12.2.